The maximum Gasteiger partial charge on any atom is 0.433 e. The Morgan fingerprint density at radius 1 is 1.17 bits per heavy atom. The molecule has 0 saturated carbocycles. The number of carbonyl (C=O) groups is 2. The summed E-state index contributed by atoms with van der Waals surface area (Å²) in [7, 11) is 0. The lowest BCUT2D eigenvalue weighted by atomic mass is 10.2. The second-order valence-corrected chi connectivity index (χ2v) is 6.21. The molecule has 2 heterocycles. The molecule has 0 aliphatic carbocycles. The summed E-state index contributed by atoms with van der Waals surface area (Å²) >= 11 is 0. The van der Waals surface area contributed by atoms with Crippen LogP contribution in [0.1, 0.15) is 39.0 Å². The molecular weight excluding hydrogens is 401 g/mol. The van der Waals surface area contributed by atoms with Gasteiger partial charge in [0.15, 0.2) is 0 Å². The van der Waals surface area contributed by atoms with Gasteiger partial charge < -0.3 is 10.1 Å². The van der Waals surface area contributed by atoms with Crippen molar-refractivity contribution in [2.24, 2.45) is 0 Å². The van der Waals surface area contributed by atoms with Gasteiger partial charge in [-0.15, -0.1) is 0 Å². The minimum absolute atomic E-state index is 0.0201. The van der Waals surface area contributed by atoms with E-state index in [9.17, 15) is 22.8 Å². The van der Waals surface area contributed by atoms with Crippen molar-refractivity contribution in [2.45, 2.75) is 20.0 Å². The Balaban J connectivity index is 1.79. The molecule has 0 saturated heterocycles. The van der Waals surface area contributed by atoms with Gasteiger partial charge in [-0.25, -0.2) is 9.48 Å². The van der Waals surface area contributed by atoms with Crippen molar-refractivity contribution < 1.29 is 27.5 Å². The van der Waals surface area contributed by atoms with Crippen molar-refractivity contribution in [1.82, 2.24) is 14.8 Å². The molecule has 30 heavy (non-hydrogen) atoms. The summed E-state index contributed by atoms with van der Waals surface area (Å²) in [4.78, 5) is 27.6. The summed E-state index contributed by atoms with van der Waals surface area (Å²) in [5.74, 6) is -1.10. The molecule has 0 aliphatic rings. The molecule has 0 aliphatic heterocycles. The topological polar surface area (TPSA) is 86.1 Å². The second-order valence-electron chi connectivity index (χ2n) is 6.21. The smallest absolute Gasteiger partial charge is 0.433 e. The summed E-state index contributed by atoms with van der Waals surface area (Å²) in [6.45, 7) is 3.65. The summed E-state index contributed by atoms with van der Waals surface area (Å²) in [6, 6.07) is 8.42. The summed E-state index contributed by atoms with van der Waals surface area (Å²) < 4.78 is 44.3. The molecule has 0 radical (unpaired) electrons. The van der Waals surface area contributed by atoms with Gasteiger partial charge in [-0.3, -0.25) is 9.78 Å². The van der Waals surface area contributed by atoms with Crippen LogP contribution in [-0.4, -0.2) is 33.2 Å². The number of nitrogens with zero attached hydrogens (tertiary/aromatic N) is 3. The van der Waals surface area contributed by atoms with Gasteiger partial charge in [0.05, 0.1) is 29.7 Å². The average Bonchev–Trinajstić information content (AvgIpc) is 3.09. The number of aromatic nitrogens is 3. The van der Waals surface area contributed by atoms with Crippen molar-refractivity contribution in [3.63, 3.8) is 0 Å². The number of amides is 1. The highest BCUT2D eigenvalue weighted by Crippen LogP contribution is 2.27. The van der Waals surface area contributed by atoms with E-state index in [1.807, 2.05) is 0 Å². The van der Waals surface area contributed by atoms with E-state index in [0.29, 0.717) is 22.6 Å². The first-order chi connectivity index (χ1) is 14.2. The van der Waals surface area contributed by atoms with Crippen LogP contribution in [0.2, 0.25) is 0 Å². The normalized spacial score (nSPS) is 11.2. The minimum Gasteiger partial charge on any atom is -0.462 e. The fraction of sp³-hybridized carbons (Fsp3) is 0.200. The largest absolute Gasteiger partial charge is 0.462 e. The van der Waals surface area contributed by atoms with Crippen LogP contribution in [-0.2, 0) is 10.9 Å². The zero-order chi connectivity index (χ0) is 21.9. The van der Waals surface area contributed by atoms with Crippen molar-refractivity contribution in [3.05, 3.63) is 71.3 Å². The number of hydrogen-bond donors (Lipinski definition) is 1. The molecule has 10 heteroatoms. The standard InChI is InChI=1S/C20H17F3N4O3/c1-3-30-19(29)16-11-25-27(12(16)2)15-6-4-5-14(9-15)26-18(28)13-7-8-17(24-10-13)20(21,22)23/h4-11H,3H2,1-2H3,(H,26,28). The van der Waals surface area contributed by atoms with Crippen LogP contribution in [0.25, 0.3) is 5.69 Å². The summed E-state index contributed by atoms with van der Waals surface area (Å²) in [5, 5.41) is 6.79. The van der Waals surface area contributed by atoms with Crippen LogP contribution in [0.15, 0.2) is 48.8 Å². The van der Waals surface area contributed by atoms with E-state index in [2.05, 4.69) is 15.4 Å². The molecular formula is C20H17F3N4O3. The zero-order valence-electron chi connectivity index (χ0n) is 16.0. The van der Waals surface area contributed by atoms with E-state index in [-0.39, 0.29) is 12.2 Å². The highest BCUT2D eigenvalue weighted by molar-refractivity contribution is 6.04. The van der Waals surface area contributed by atoms with Crippen LogP contribution in [0.4, 0.5) is 18.9 Å². The van der Waals surface area contributed by atoms with Crippen LogP contribution in [0, 0.1) is 6.92 Å². The quantitative estimate of drug-likeness (QED) is 0.633. The lowest BCUT2D eigenvalue weighted by molar-refractivity contribution is -0.141. The Labute approximate surface area is 169 Å². The zero-order valence-corrected chi connectivity index (χ0v) is 16.0. The van der Waals surface area contributed by atoms with Gasteiger partial charge in [0.25, 0.3) is 5.91 Å². The maximum atomic E-state index is 12.6. The first kappa shape index (κ1) is 21.0. The molecule has 1 aromatic carbocycles. The first-order valence-electron chi connectivity index (χ1n) is 8.87. The number of halogens is 3. The number of hydrogen-bond acceptors (Lipinski definition) is 5. The SMILES string of the molecule is CCOC(=O)c1cnn(-c2cccc(NC(=O)c3ccc(C(F)(F)F)nc3)c2)c1C. The molecule has 0 spiro atoms. The van der Waals surface area contributed by atoms with Crippen molar-refractivity contribution >= 4 is 17.6 Å². The van der Waals surface area contributed by atoms with Crippen LogP contribution >= 0.6 is 0 Å². The Hall–Kier alpha value is -3.69. The van der Waals surface area contributed by atoms with E-state index in [4.69, 9.17) is 4.74 Å². The lowest BCUT2D eigenvalue weighted by Crippen LogP contribution is -2.14. The van der Waals surface area contributed by atoms with Crippen molar-refractivity contribution in [2.75, 3.05) is 11.9 Å². The number of esters is 1. The third kappa shape index (κ3) is 4.48. The van der Waals surface area contributed by atoms with Crippen LogP contribution in [0.3, 0.4) is 0 Å². The van der Waals surface area contributed by atoms with Gasteiger partial charge in [0.1, 0.15) is 11.3 Å². The Morgan fingerprint density at radius 3 is 2.57 bits per heavy atom. The molecule has 3 aromatic rings. The van der Waals surface area contributed by atoms with E-state index < -0.39 is 23.7 Å². The second kappa shape index (κ2) is 8.36. The summed E-state index contributed by atoms with van der Waals surface area (Å²) in [6.07, 6.45) is -2.31. The molecule has 0 atom stereocenters. The minimum atomic E-state index is -4.58. The predicted molar refractivity (Wildman–Crippen MR) is 101 cm³/mol. The fourth-order valence-corrected chi connectivity index (χ4v) is 2.69. The average molecular weight is 418 g/mol. The highest BCUT2D eigenvalue weighted by atomic mass is 19.4. The molecule has 1 amide bonds. The number of nitrogens with one attached hydrogen (secondary N) is 1. The molecule has 2 aromatic heterocycles. The van der Waals surface area contributed by atoms with E-state index >= 15 is 0 Å². The Morgan fingerprint density at radius 2 is 1.93 bits per heavy atom. The van der Waals surface area contributed by atoms with E-state index in [1.165, 1.54) is 10.9 Å². The molecule has 0 fully saturated rings. The summed E-state index contributed by atoms with van der Waals surface area (Å²) in [5.41, 5.74) is 0.753. The Kier molecular flexibility index (Phi) is 5.86. The number of carbonyl (C=O) groups excluding carboxylic acids is 2. The Bertz CT molecular complexity index is 1080. The van der Waals surface area contributed by atoms with Gasteiger partial charge in [-0.2, -0.15) is 18.3 Å². The van der Waals surface area contributed by atoms with Gasteiger partial charge in [0.2, 0.25) is 0 Å². The van der Waals surface area contributed by atoms with E-state index in [1.54, 1.807) is 38.1 Å². The monoisotopic (exact) mass is 418 g/mol. The van der Waals surface area contributed by atoms with Gasteiger partial charge >= 0.3 is 12.1 Å². The number of alkyl halides is 3. The number of benzene rings is 1. The number of ether oxygens (including phenoxy) is 1. The van der Waals surface area contributed by atoms with Gasteiger partial charge in [0, 0.05) is 11.9 Å². The van der Waals surface area contributed by atoms with Crippen molar-refractivity contribution in [1.29, 1.82) is 0 Å². The van der Waals surface area contributed by atoms with Crippen LogP contribution < -0.4 is 5.32 Å². The molecule has 0 bridgehead atoms. The fourth-order valence-electron chi connectivity index (χ4n) is 2.69. The maximum absolute atomic E-state index is 12.6. The highest BCUT2D eigenvalue weighted by Gasteiger charge is 2.32. The molecule has 3 rings (SSSR count). The van der Waals surface area contributed by atoms with E-state index in [0.717, 1.165) is 18.3 Å². The number of pyridine rings is 1. The molecule has 156 valence electrons. The van der Waals surface area contributed by atoms with Crippen LogP contribution in [0.5, 0.6) is 0 Å². The molecule has 7 nitrogen and oxygen atoms in total. The third-order valence-electron chi connectivity index (χ3n) is 4.17. The first-order valence-corrected chi connectivity index (χ1v) is 8.87. The third-order valence-corrected chi connectivity index (χ3v) is 4.17. The predicted octanol–water partition coefficient (Wildman–Crippen LogP) is 4.02. The molecule has 1 N–H and O–H groups in total. The number of rotatable bonds is 5. The molecule has 0 unspecified atom stereocenters. The lowest BCUT2D eigenvalue weighted by Gasteiger charge is -2.10. The van der Waals surface area contributed by atoms with Gasteiger partial charge in [-0.1, -0.05) is 6.07 Å². The number of anilines is 1. The van der Waals surface area contributed by atoms with Gasteiger partial charge in [-0.05, 0) is 44.2 Å². The van der Waals surface area contributed by atoms with Crippen molar-refractivity contribution in [3.8, 4) is 5.69 Å².